The van der Waals surface area contributed by atoms with Gasteiger partial charge in [0.15, 0.2) is 11.6 Å². The largest absolute Gasteiger partial charge is 0.371 e. The van der Waals surface area contributed by atoms with Crippen LogP contribution in [0, 0.1) is 11.6 Å². The van der Waals surface area contributed by atoms with Gasteiger partial charge in [-0.1, -0.05) is 30.3 Å². The van der Waals surface area contributed by atoms with E-state index in [-0.39, 0.29) is 13.0 Å². The fourth-order valence-corrected chi connectivity index (χ4v) is 2.40. The molecule has 0 radical (unpaired) electrons. The molecule has 0 unspecified atom stereocenters. The summed E-state index contributed by atoms with van der Waals surface area (Å²) in [5.74, 6) is -2.31. The molecule has 0 fully saturated rings. The Morgan fingerprint density at radius 1 is 1.04 bits per heavy atom. The number of amides is 3. The Morgan fingerprint density at radius 3 is 2.42 bits per heavy atom. The summed E-state index contributed by atoms with van der Waals surface area (Å²) in [7, 11) is 0. The van der Waals surface area contributed by atoms with Gasteiger partial charge in [0, 0.05) is 37.8 Å². The number of nitrogens with zero attached hydrogens (tertiary/aromatic N) is 1. The lowest BCUT2D eigenvalue weighted by Gasteiger charge is -2.22. The van der Waals surface area contributed by atoms with Crippen LogP contribution in [0.3, 0.4) is 0 Å². The predicted molar refractivity (Wildman–Crippen MR) is 95.7 cm³/mol. The van der Waals surface area contributed by atoms with Gasteiger partial charge in [-0.3, -0.25) is 10.1 Å². The maximum Gasteiger partial charge on any atom is 0.321 e. The van der Waals surface area contributed by atoms with Crippen LogP contribution in [-0.4, -0.2) is 25.0 Å². The van der Waals surface area contributed by atoms with Gasteiger partial charge in [0.2, 0.25) is 5.91 Å². The zero-order valence-electron chi connectivity index (χ0n) is 14.5. The fraction of sp³-hybridized carbons (Fsp3) is 0.263. The average molecular weight is 361 g/mol. The molecule has 0 atom stereocenters. The number of benzene rings is 2. The van der Waals surface area contributed by atoms with E-state index in [4.69, 9.17) is 0 Å². The molecule has 26 heavy (non-hydrogen) atoms. The van der Waals surface area contributed by atoms with Crippen molar-refractivity contribution in [2.24, 2.45) is 0 Å². The van der Waals surface area contributed by atoms with Crippen molar-refractivity contribution < 1.29 is 18.4 Å². The minimum absolute atomic E-state index is 0.0472. The molecule has 7 heteroatoms. The number of hydrogen-bond acceptors (Lipinski definition) is 3. The van der Waals surface area contributed by atoms with Crippen LogP contribution in [0.15, 0.2) is 48.5 Å². The Morgan fingerprint density at radius 2 is 1.77 bits per heavy atom. The van der Waals surface area contributed by atoms with E-state index in [9.17, 15) is 18.4 Å². The maximum absolute atomic E-state index is 13.3. The highest BCUT2D eigenvalue weighted by molar-refractivity contribution is 5.94. The number of anilines is 1. The first kappa shape index (κ1) is 19.4. The van der Waals surface area contributed by atoms with Gasteiger partial charge in [0.05, 0.1) is 0 Å². The molecule has 0 aliphatic carbocycles. The van der Waals surface area contributed by atoms with E-state index in [1.165, 1.54) is 6.07 Å². The van der Waals surface area contributed by atoms with Gasteiger partial charge in [0.25, 0.3) is 0 Å². The molecule has 0 bridgehead atoms. The molecule has 0 aliphatic heterocycles. The summed E-state index contributed by atoms with van der Waals surface area (Å²) < 4.78 is 26.4. The van der Waals surface area contributed by atoms with E-state index in [0.29, 0.717) is 18.8 Å². The second-order valence-electron chi connectivity index (χ2n) is 5.64. The van der Waals surface area contributed by atoms with Gasteiger partial charge in [-0.25, -0.2) is 13.6 Å². The molecule has 3 amide bonds. The van der Waals surface area contributed by atoms with Gasteiger partial charge < -0.3 is 10.2 Å². The Labute approximate surface area is 151 Å². The molecule has 0 aromatic heterocycles. The predicted octanol–water partition coefficient (Wildman–Crippen LogP) is 3.21. The van der Waals surface area contributed by atoms with Crippen molar-refractivity contribution in [3.05, 3.63) is 65.7 Å². The SMILES string of the molecule is CCN(CCC(=O)NC(=O)NCc1ccccc1)c1ccc(F)c(F)c1. The average Bonchev–Trinajstić information content (AvgIpc) is 2.64. The molecular weight excluding hydrogens is 340 g/mol. The minimum atomic E-state index is -0.939. The summed E-state index contributed by atoms with van der Waals surface area (Å²) in [4.78, 5) is 25.4. The van der Waals surface area contributed by atoms with Gasteiger partial charge in [-0.15, -0.1) is 0 Å². The molecular formula is C19H21F2N3O2. The summed E-state index contributed by atoms with van der Waals surface area (Å²) in [5.41, 5.74) is 1.40. The summed E-state index contributed by atoms with van der Waals surface area (Å²) in [6.45, 7) is 2.94. The van der Waals surface area contributed by atoms with Crippen LogP contribution in [0.2, 0.25) is 0 Å². The molecule has 2 aromatic rings. The lowest BCUT2D eigenvalue weighted by molar-refractivity contribution is -0.119. The van der Waals surface area contributed by atoms with Crippen molar-refractivity contribution in [1.29, 1.82) is 0 Å². The monoisotopic (exact) mass is 361 g/mol. The van der Waals surface area contributed by atoms with Crippen molar-refractivity contribution >= 4 is 17.6 Å². The van der Waals surface area contributed by atoms with Gasteiger partial charge >= 0.3 is 6.03 Å². The molecule has 2 rings (SSSR count). The van der Waals surface area contributed by atoms with Crippen LogP contribution >= 0.6 is 0 Å². The third kappa shape index (κ3) is 5.84. The zero-order chi connectivity index (χ0) is 18.9. The van der Waals surface area contributed by atoms with E-state index < -0.39 is 23.6 Å². The zero-order valence-corrected chi connectivity index (χ0v) is 14.5. The molecule has 0 spiro atoms. The second kappa shape index (κ2) is 9.50. The number of urea groups is 1. The number of nitrogens with one attached hydrogen (secondary N) is 2. The summed E-state index contributed by atoms with van der Waals surface area (Å²) in [5, 5.41) is 4.85. The number of halogens is 2. The lowest BCUT2D eigenvalue weighted by atomic mass is 10.2. The molecule has 2 N–H and O–H groups in total. The first-order valence-corrected chi connectivity index (χ1v) is 8.31. The summed E-state index contributed by atoms with van der Waals surface area (Å²) in [6, 6.07) is 12.3. The lowest BCUT2D eigenvalue weighted by Crippen LogP contribution is -2.40. The van der Waals surface area contributed by atoms with Crippen molar-refractivity contribution in [2.45, 2.75) is 19.9 Å². The second-order valence-corrected chi connectivity index (χ2v) is 5.64. The van der Waals surface area contributed by atoms with E-state index in [1.807, 2.05) is 37.3 Å². The van der Waals surface area contributed by atoms with Crippen molar-refractivity contribution in [3.8, 4) is 0 Å². The normalized spacial score (nSPS) is 10.3. The maximum atomic E-state index is 13.3. The van der Waals surface area contributed by atoms with Crippen LogP contribution in [-0.2, 0) is 11.3 Å². The number of carbonyl (C=O) groups excluding carboxylic acids is 2. The highest BCUT2D eigenvalue weighted by atomic mass is 19.2. The summed E-state index contributed by atoms with van der Waals surface area (Å²) >= 11 is 0. The first-order valence-electron chi connectivity index (χ1n) is 8.31. The molecule has 5 nitrogen and oxygen atoms in total. The molecule has 0 heterocycles. The molecule has 138 valence electrons. The quantitative estimate of drug-likeness (QED) is 0.796. The van der Waals surface area contributed by atoms with E-state index >= 15 is 0 Å². The van der Waals surface area contributed by atoms with Crippen molar-refractivity contribution in [2.75, 3.05) is 18.0 Å². The third-order valence-corrected chi connectivity index (χ3v) is 3.81. The molecule has 0 saturated carbocycles. The number of carbonyl (C=O) groups is 2. The van der Waals surface area contributed by atoms with E-state index in [0.717, 1.165) is 17.7 Å². The van der Waals surface area contributed by atoms with Gasteiger partial charge in [-0.05, 0) is 24.6 Å². The topological polar surface area (TPSA) is 61.4 Å². The van der Waals surface area contributed by atoms with Crippen LogP contribution in [0.5, 0.6) is 0 Å². The highest BCUT2D eigenvalue weighted by Crippen LogP contribution is 2.18. The fourth-order valence-electron chi connectivity index (χ4n) is 2.40. The van der Waals surface area contributed by atoms with Gasteiger partial charge in [0.1, 0.15) is 0 Å². The van der Waals surface area contributed by atoms with E-state index in [2.05, 4.69) is 10.6 Å². The van der Waals surface area contributed by atoms with Crippen LogP contribution in [0.4, 0.5) is 19.3 Å². The standard InChI is InChI=1S/C19H21F2N3O2/c1-2-24(15-8-9-16(20)17(21)12-15)11-10-18(25)23-19(26)22-13-14-6-4-3-5-7-14/h3-9,12H,2,10-11,13H2,1H3,(H2,22,23,25,26). The molecule has 0 aliphatic rings. The van der Waals surface area contributed by atoms with Gasteiger partial charge in [-0.2, -0.15) is 0 Å². The Balaban J connectivity index is 1.79. The third-order valence-electron chi connectivity index (χ3n) is 3.81. The molecule has 0 saturated heterocycles. The first-order chi connectivity index (χ1) is 12.5. The number of rotatable bonds is 7. The number of hydrogen-bond donors (Lipinski definition) is 2. The Kier molecular flexibility index (Phi) is 7.08. The minimum Gasteiger partial charge on any atom is -0.371 e. The van der Waals surface area contributed by atoms with E-state index in [1.54, 1.807) is 4.90 Å². The Bertz CT molecular complexity index is 754. The van der Waals surface area contributed by atoms with Crippen LogP contribution in [0.25, 0.3) is 0 Å². The van der Waals surface area contributed by atoms with Crippen molar-refractivity contribution in [3.63, 3.8) is 0 Å². The highest BCUT2D eigenvalue weighted by Gasteiger charge is 2.12. The van der Waals surface area contributed by atoms with Crippen molar-refractivity contribution in [1.82, 2.24) is 10.6 Å². The smallest absolute Gasteiger partial charge is 0.321 e. The molecule has 2 aromatic carbocycles. The van der Waals surface area contributed by atoms with Crippen LogP contribution in [0.1, 0.15) is 18.9 Å². The Hall–Kier alpha value is -2.96. The van der Waals surface area contributed by atoms with Crippen LogP contribution < -0.4 is 15.5 Å². The number of imide groups is 1. The summed E-state index contributed by atoms with van der Waals surface area (Å²) in [6.07, 6.45) is 0.0472.